The van der Waals surface area contributed by atoms with Crippen LogP contribution in [0.4, 0.5) is 0 Å². The van der Waals surface area contributed by atoms with Crippen LogP contribution in [0.1, 0.15) is 31.0 Å². The van der Waals surface area contributed by atoms with Crippen LogP contribution in [0.5, 0.6) is 0 Å². The Bertz CT molecular complexity index is 417. The van der Waals surface area contributed by atoms with Gasteiger partial charge in [-0.2, -0.15) is 0 Å². The Morgan fingerprint density at radius 3 is 2.79 bits per heavy atom. The van der Waals surface area contributed by atoms with Crippen molar-refractivity contribution in [3.05, 3.63) is 16.1 Å². The van der Waals surface area contributed by atoms with Crippen molar-refractivity contribution >= 4 is 11.3 Å². The molecule has 2 heterocycles. The second-order valence-corrected chi connectivity index (χ2v) is 7.02. The Labute approximate surface area is 120 Å². The highest BCUT2D eigenvalue weighted by atomic mass is 32.1. The molecule has 4 nitrogen and oxygen atoms in total. The molecule has 19 heavy (non-hydrogen) atoms. The predicted molar refractivity (Wildman–Crippen MR) is 81.4 cm³/mol. The number of hydrogen-bond acceptors (Lipinski definition) is 5. The number of aromatic nitrogens is 1. The molecule has 0 radical (unpaired) electrons. The lowest BCUT2D eigenvalue weighted by Gasteiger charge is -2.38. The summed E-state index contributed by atoms with van der Waals surface area (Å²) in [7, 11) is 2.19. The predicted octanol–water partition coefficient (Wildman–Crippen LogP) is 1.69. The molecule has 1 aliphatic rings. The molecule has 0 aromatic carbocycles. The molecule has 1 aromatic heterocycles. The fraction of sp³-hybridized carbons (Fsp3) is 0.786. The van der Waals surface area contributed by atoms with Crippen molar-refractivity contribution in [3.8, 4) is 0 Å². The summed E-state index contributed by atoms with van der Waals surface area (Å²) in [6, 6.07) is 0.600. The maximum atomic E-state index is 6.10. The van der Waals surface area contributed by atoms with E-state index in [0.29, 0.717) is 6.04 Å². The van der Waals surface area contributed by atoms with Gasteiger partial charge in [0.05, 0.1) is 10.7 Å². The summed E-state index contributed by atoms with van der Waals surface area (Å²) in [4.78, 5) is 9.49. The largest absolute Gasteiger partial charge is 0.329 e. The smallest absolute Gasteiger partial charge is 0.0897 e. The van der Waals surface area contributed by atoms with Gasteiger partial charge in [0.25, 0.3) is 0 Å². The van der Waals surface area contributed by atoms with Gasteiger partial charge in [-0.3, -0.25) is 9.80 Å². The third-order valence-electron chi connectivity index (χ3n) is 4.35. The van der Waals surface area contributed by atoms with Crippen LogP contribution in [0.25, 0.3) is 0 Å². The van der Waals surface area contributed by atoms with Gasteiger partial charge in [0, 0.05) is 43.1 Å². The molecule has 0 aliphatic carbocycles. The minimum Gasteiger partial charge on any atom is -0.329 e. The average Bonchev–Trinajstić information content (AvgIpc) is 2.96. The molecule has 1 aliphatic heterocycles. The van der Waals surface area contributed by atoms with Gasteiger partial charge in [-0.25, -0.2) is 4.98 Å². The molecule has 1 atom stereocenters. The van der Waals surface area contributed by atoms with Crippen molar-refractivity contribution in [1.29, 1.82) is 0 Å². The summed E-state index contributed by atoms with van der Waals surface area (Å²) in [5.41, 5.74) is 7.39. The Hall–Kier alpha value is -0.490. The van der Waals surface area contributed by atoms with Crippen LogP contribution in [0, 0.1) is 6.92 Å². The molecule has 0 bridgehead atoms. The van der Waals surface area contributed by atoms with Gasteiger partial charge in [-0.1, -0.05) is 0 Å². The van der Waals surface area contributed by atoms with E-state index in [2.05, 4.69) is 48.0 Å². The zero-order valence-corrected chi connectivity index (χ0v) is 13.3. The van der Waals surface area contributed by atoms with Gasteiger partial charge in [0.15, 0.2) is 0 Å². The highest BCUT2D eigenvalue weighted by Crippen LogP contribution is 2.29. The van der Waals surface area contributed by atoms with Gasteiger partial charge in [-0.15, -0.1) is 11.3 Å². The van der Waals surface area contributed by atoms with E-state index in [4.69, 9.17) is 5.73 Å². The number of aryl methyl sites for hydroxylation is 1. The van der Waals surface area contributed by atoms with E-state index in [1.54, 1.807) is 11.3 Å². The quantitative estimate of drug-likeness (QED) is 0.893. The molecule has 108 valence electrons. The number of nitrogens with two attached hydrogens (primary N) is 1. The van der Waals surface area contributed by atoms with Crippen LogP contribution in [-0.2, 0) is 6.54 Å². The molecule has 1 unspecified atom stereocenters. The zero-order valence-electron chi connectivity index (χ0n) is 12.5. The minimum atomic E-state index is 0.113. The van der Waals surface area contributed by atoms with E-state index in [-0.39, 0.29) is 5.54 Å². The van der Waals surface area contributed by atoms with Gasteiger partial charge >= 0.3 is 0 Å². The fourth-order valence-corrected chi connectivity index (χ4v) is 3.46. The Balaban J connectivity index is 2.05. The average molecular weight is 282 g/mol. The van der Waals surface area contributed by atoms with Crippen molar-refractivity contribution < 1.29 is 0 Å². The number of nitrogens with zero attached hydrogens (tertiary/aromatic N) is 3. The summed E-state index contributed by atoms with van der Waals surface area (Å²) in [6.45, 7) is 10.4. The van der Waals surface area contributed by atoms with E-state index < -0.39 is 0 Å². The first-order valence-electron chi connectivity index (χ1n) is 7.03. The number of likely N-dealkylation sites (N-methyl/N-ethyl adjacent to an activating group) is 1. The second kappa shape index (κ2) is 5.87. The maximum absolute atomic E-state index is 6.10. The number of rotatable bonds is 5. The number of thiazole rings is 1. The van der Waals surface area contributed by atoms with E-state index in [9.17, 15) is 0 Å². The van der Waals surface area contributed by atoms with Gasteiger partial charge < -0.3 is 5.73 Å². The van der Waals surface area contributed by atoms with E-state index in [1.807, 2.05) is 0 Å². The van der Waals surface area contributed by atoms with Crippen molar-refractivity contribution in [1.82, 2.24) is 14.8 Å². The maximum Gasteiger partial charge on any atom is 0.0897 e. The lowest BCUT2D eigenvalue weighted by atomic mass is 9.96. The molecule has 5 heteroatoms. The molecule has 0 amide bonds. The molecule has 1 aromatic rings. The van der Waals surface area contributed by atoms with Crippen LogP contribution in [-0.4, -0.2) is 53.0 Å². The highest BCUT2D eigenvalue weighted by molar-refractivity contribution is 7.09. The number of likely N-dealkylation sites (tertiary alicyclic amines) is 1. The van der Waals surface area contributed by atoms with Crippen molar-refractivity contribution in [3.63, 3.8) is 0 Å². The summed E-state index contributed by atoms with van der Waals surface area (Å²) in [5, 5.41) is 3.30. The highest BCUT2D eigenvalue weighted by Gasteiger charge is 2.41. The Kier molecular flexibility index (Phi) is 4.61. The van der Waals surface area contributed by atoms with E-state index >= 15 is 0 Å². The van der Waals surface area contributed by atoms with E-state index in [1.165, 1.54) is 5.69 Å². The summed E-state index contributed by atoms with van der Waals surface area (Å²) in [5.74, 6) is 0. The number of hydrogen-bond donors (Lipinski definition) is 1. The molecular weight excluding hydrogens is 256 g/mol. The standard InChI is InChI=1S/C14H26N4S/c1-11(2)18-6-5-14(9-15,10-18)17(4)7-13-8-19-12(3)16-13/h8,11H,5-7,9-10,15H2,1-4H3. The third kappa shape index (κ3) is 3.16. The SMILES string of the molecule is Cc1nc(CN(C)C2(CN)CCN(C(C)C)C2)cs1. The van der Waals surface area contributed by atoms with Crippen molar-refractivity contribution in [2.24, 2.45) is 5.73 Å². The summed E-state index contributed by atoms with van der Waals surface area (Å²) in [6.07, 6.45) is 1.15. The van der Waals surface area contributed by atoms with Crippen LogP contribution in [0.3, 0.4) is 0 Å². The van der Waals surface area contributed by atoms with Crippen LogP contribution in [0.15, 0.2) is 5.38 Å². The molecular formula is C14H26N4S. The zero-order chi connectivity index (χ0) is 14.0. The lowest BCUT2D eigenvalue weighted by Crippen LogP contribution is -2.54. The van der Waals surface area contributed by atoms with Gasteiger partial charge in [0.1, 0.15) is 0 Å². The molecule has 2 rings (SSSR count). The normalized spacial score (nSPS) is 24.8. The minimum absolute atomic E-state index is 0.113. The van der Waals surface area contributed by atoms with Crippen LogP contribution >= 0.6 is 11.3 Å². The van der Waals surface area contributed by atoms with Crippen molar-refractivity contribution in [2.45, 2.75) is 45.3 Å². The van der Waals surface area contributed by atoms with Gasteiger partial charge in [0.2, 0.25) is 0 Å². The van der Waals surface area contributed by atoms with E-state index in [0.717, 1.165) is 37.6 Å². The molecule has 1 fully saturated rings. The fourth-order valence-electron chi connectivity index (χ4n) is 2.85. The van der Waals surface area contributed by atoms with Crippen LogP contribution < -0.4 is 5.73 Å². The third-order valence-corrected chi connectivity index (χ3v) is 5.17. The van der Waals surface area contributed by atoms with Crippen LogP contribution in [0.2, 0.25) is 0 Å². The summed E-state index contributed by atoms with van der Waals surface area (Å²) >= 11 is 1.72. The Morgan fingerprint density at radius 1 is 1.58 bits per heavy atom. The lowest BCUT2D eigenvalue weighted by molar-refractivity contribution is 0.115. The van der Waals surface area contributed by atoms with Gasteiger partial charge in [-0.05, 0) is 34.2 Å². The second-order valence-electron chi connectivity index (χ2n) is 5.96. The molecule has 0 saturated carbocycles. The first-order chi connectivity index (χ1) is 8.97. The monoisotopic (exact) mass is 282 g/mol. The first-order valence-corrected chi connectivity index (χ1v) is 7.91. The first kappa shape index (κ1) is 14.9. The van der Waals surface area contributed by atoms with Crippen molar-refractivity contribution in [2.75, 3.05) is 26.7 Å². The molecule has 2 N–H and O–H groups in total. The Morgan fingerprint density at radius 2 is 2.32 bits per heavy atom. The molecule has 0 spiro atoms. The summed E-state index contributed by atoms with van der Waals surface area (Å²) < 4.78 is 0. The molecule has 1 saturated heterocycles. The topological polar surface area (TPSA) is 45.4 Å².